The quantitative estimate of drug-likeness (QED) is 0.620. The van der Waals surface area contributed by atoms with Crippen LogP contribution in [0.25, 0.3) is 11.5 Å². The highest BCUT2D eigenvalue weighted by Gasteiger charge is 2.24. The molecule has 0 spiro atoms. The van der Waals surface area contributed by atoms with Crippen LogP contribution in [0.4, 0.5) is 4.39 Å². The molecule has 158 valence electrons. The fraction of sp³-hybridized carbons (Fsp3) is 0.455. The van der Waals surface area contributed by atoms with E-state index in [1.165, 1.54) is 12.1 Å². The Kier molecular flexibility index (Phi) is 5.92. The van der Waals surface area contributed by atoms with Crippen molar-refractivity contribution in [1.29, 1.82) is 0 Å². The summed E-state index contributed by atoms with van der Waals surface area (Å²) in [6.07, 6.45) is 3.65. The standard InChI is InChI=1S/C22H26FN5O2/c1-15-13-16(2)28(25-15)14-21(29)27-11-9-17(10-12-27)3-8-20-24-22(30-26-20)18-4-6-19(23)7-5-18/h4-7,13,17H,3,8-12,14H2,1-2H3. The number of aryl methyl sites for hydroxylation is 3. The SMILES string of the molecule is Cc1cc(C)n(CC(=O)N2CCC(CCc3noc(-c4ccc(F)cc4)n3)CC2)n1. The lowest BCUT2D eigenvalue weighted by Gasteiger charge is -2.32. The largest absolute Gasteiger partial charge is 0.341 e. The van der Waals surface area contributed by atoms with Gasteiger partial charge in [-0.15, -0.1) is 0 Å². The van der Waals surface area contributed by atoms with Crippen LogP contribution in [-0.4, -0.2) is 43.8 Å². The number of amides is 1. The first kappa shape index (κ1) is 20.3. The van der Waals surface area contributed by atoms with Crippen molar-refractivity contribution >= 4 is 5.91 Å². The highest BCUT2D eigenvalue weighted by Crippen LogP contribution is 2.23. The van der Waals surface area contributed by atoms with Crippen LogP contribution in [-0.2, 0) is 17.8 Å². The molecule has 1 aliphatic heterocycles. The van der Waals surface area contributed by atoms with E-state index in [0.717, 1.165) is 50.2 Å². The van der Waals surface area contributed by atoms with Gasteiger partial charge in [-0.05, 0) is 69.4 Å². The van der Waals surface area contributed by atoms with E-state index in [1.807, 2.05) is 24.8 Å². The number of carbonyl (C=O) groups excluding carboxylic acids is 1. The lowest BCUT2D eigenvalue weighted by atomic mass is 9.92. The summed E-state index contributed by atoms with van der Waals surface area (Å²) in [5.41, 5.74) is 2.66. The molecule has 1 saturated heterocycles. The van der Waals surface area contributed by atoms with Crippen molar-refractivity contribution in [3.8, 4) is 11.5 Å². The Morgan fingerprint density at radius 3 is 2.60 bits per heavy atom. The molecule has 7 nitrogen and oxygen atoms in total. The average Bonchev–Trinajstić information content (AvgIpc) is 3.33. The van der Waals surface area contributed by atoms with Gasteiger partial charge in [0.25, 0.3) is 5.89 Å². The Bertz CT molecular complexity index is 1000. The van der Waals surface area contributed by atoms with E-state index in [0.29, 0.717) is 29.7 Å². The van der Waals surface area contributed by atoms with E-state index < -0.39 is 0 Å². The molecule has 4 rings (SSSR count). The van der Waals surface area contributed by atoms with Crippen LogP contribution in [0, 0.1) is 25.6 Å². The Balaban J connectivity index is 1.24. The molecule has 0 atom stereocenters. The average molecular weight is 411 g/mol. The molecule has 3 heterocycles. The zero-order chi connectivity index (χ0) is 21.1. The maximum absolute atomic E-state index is 13.0. The molecule has 0 aliphatic carbocycles. The molecular formula is C22H26FN5O2. The summed E-state index contributed by atoms with van der Waals surface area (Å²) >= 11 is 0. The summed E-state index contributed by atoms with van der Waals surface area (Å²) in [5, 5.41) is 8.42. The number of hydrogen-bond donors (Lipinski definition) is 0. The molecule has 0 radical (unpaired) electrons. The molecule has 0 saturated carbocycles. The summed E-state index contributed by atoms with van der Waals surface area (Å²) in [6.45, 7) is 5.76. The van der Waals surface area contributed by atoms with Crippen molar-refractivity contribution in [3.63, 3.8) is 0 Å². The zero-order valence-electron chi connectivity index (χ0n) is 17.3. The van der Waals surface area contributed by atoms with Gasteiger partial charge in [0.15, 0.2) is 5.82 Å². The minimum absolute atomic E-state index is 0.127. The molecule has 1 aromatic carbocycles. The first-order valence-electron chi connectivity index (χ1n) is 10.4. The second kappa shape index (κ2) is 8.77. The number of carbonyl (C=O) groups is 1. The van der Waals surface area contributed by atoms with Crippen molar-refractivity contribution in [2.24, 2.45) is 5.92 Å². The molecule has 0 unspecified atom stereocenters. The van der Waals surface area contributed by atoms with Gasteiger partial charge < -0.3 is 9.42 Å². The van der Waals surface area contributed by atoms with E-state index in [4.69, 9.17) is 4.52 Å². The molecular weight excluding hydrogens is 385 g/mol. The lowest BCUT2D eigenvalue weighted by molar-refractivity contribution is -0.133. The lowest BCUT2D eigenvalue weighted by Crippen LogP contribution is -2.40. The van der Waals surface area contributed by atoms with Gasteiger partial charge in [-0.3, -0.25) is 9.48 Å². The third-order valence-electron chi connectivity index (χ3n) is 5.69. The highest BCUT2D eigenvalue weighted by atomic mass is 19.1. The van der Waals surface area contributed by atoms with E-state index in [-0.39, 0.29) is 11.7 Å². The van der Waals surface area contributed by atoms with E-state index in [1.54, 1.807) is 16.8 Å². The Morgan fingerprint density at radius 1 is 1.20 bits per heavy atom. The topological polar surface area (TPSA) is 77.0 Å². The molecule has 1 amide bonds. The Labute approximate surface area is 174 Å². The number of rotatable bonds is 6. The Hall–Kier alpha value is -3.03. The summed E-state index contributed by atoms with van der Waals surface area (Å²) in [4.78, 5) is 18.9. The van der Waals surface area contributed by atoms with Gasteiger partial charge in [0, 0.05) is 30.8 Å². The number of hydrogen-bond acceptors (Lipinski definition) is 5. The van der Waals surface area contributed by atoms with Gasteiger partial charge in [0.2, 0.25) is 5.91 Å². The second-order valence-electron chi connectivity index (χ2n) is 7.97. The van der Waals surface area contributed by atoms with Crippen LogP contribution in [0.15, 0.2) is 34.9 Å². The summed E-state index contributed by atoms with van der Waals surface area (Å²) in [6, 6.07) is 8.00. The van der Waals surface area contributed by atoms with Crippen LogP contribution in [0.5, 0.6) is 0 Å². The number of nitrogens with zero attached hydrogens (tertiary/aromatic N) is 5. The summed E-state index contributed by atoms with van der Waals surface area (Å²) < 4.78 is 20.1. The predicted octanol–water partition coefficient (Wildman–Crippen LogP) is 3.56. The summed E-state index contributed by atoms with van der Waals surface area (Å²) in [7, 11) is 0. The molecule has 1 aliphatic rings. The van der Waals surface area contributed by atoms with Gasteiger partial charge in [0.05, 0.1) is 5.69 Å². The Morgan fingerprint density at radius 2 is 1.93 bits per heavy atom. The van der Waals surface area contributed by atoms with Crippen LogP contribution in [0.1, 0.15) is 36.5 Å². The minimum Gasteiger partial charge on any atom is -0.341 e. The van der Waals surface area contributed by atoms with E-state index >= 15 is 0 Å². The number of aromatic nitrogens is 4. The third kappa shape index (κ3) is 4.75. The van der Waals surface area contributed by atoms with Crippen molar-refractivity contribution in [2.75, 3.05) is 13.1 Å². The fourth-order valence-corrected chi connectivity index (χ4v) is 3.93. The van der Waals surface area contributed by atoms with Crippen molar-refractivity contribution < 1.29 is 13.7 Å². The number of halogens is 1. The fourth-order valence-electron chi connectivity index (χ4n) is 3.93. The number of likely N-dealkylation sites (tertiary alicyclic amines) is 1. The van der Waals surface area contributed by atoms with Crippen LogP contribution in [0.2, 0.25) is 0 Å². The molecule has 3 aromatic rings. The van der Waals surface area contributed by atoms with Crippen molar-refractivity contribution in [3.05, 3.63) is 53.4 Å². The van der Waals surface area contributed by atoms with Gasteiger partial charge >= 0.3 is 0 Å². The van der Waals surface area contributed by atoms with E-state index in [9.17, 15) is 9.18 Å². The molecule has 1 fully saturated rings. The molecule has 0 N–H and O–H groups in total. The molecule has 8 heteroatoms. The first-order valence-corrected chi connectivity index (χ1v) is 10.4. The third-order valence-corrected chi connectivity index (χ3v) is 5.69. The maximum atomic E-state index is 13.0. The number of piperidine rings is 1. The van der Waals surface area contributed by atoms with Crippen LogP contribution >= 0.6 is 0 Å². The van der Waals surface area contributed by atoms with Crippen LogP contribution < -0.4 is 0 Å². The summed E-state index contributed by atoms with van der Waals surface area (Å²) in [5.74, 6) is 1.45. The highest BCUT2D eigenvalue weighted by molar-refractivity contribution is 5.76. The van der Waals surface area contributed by atoms with Crippen molar-refractivity contribution in [1.82, 2.24) is 24.8 Å². The van der Waals surface area contributed by atoms with Gasteiger partial charge in [-0.1, -0.05) is 5.16 Å². The minimum atomic E-state index is -0.293. The molecule has 30 heavy (non-hydrogen) atoms. The van der Waals surface area contributed by atoms with Crippen LogP contribution in [0.3, 0.4) is 0 Å². The monoisotopic (exact) mass is 411 g/mol. The van der Waals surface area contributed by atoms with E-state index in [2.05, 4.69) is 15.2 Å². The normalized spacial score (nSPS) is 15.0. The first-order chi connectivity index (χ1) is 14.5. The maximum Gasteiger partial charge on any atom is 0.257 e. The predicted molar refractivity (Wildman–Crippen MR) is 109 cm³/mol. The van der Waals surface area contributed by atoms with Gasteiger partial charge in [-0.25, -0.2) is 4.39 Å². The molecule has 0 bridgehead atoms. The smallest absolute Gasteiger partial charge is 0.257 e. The molecule has 2 aromatic heterocycles. The van der Waals surface area contributed by atoms with Gasteiger partial charge in [0.1, 0.15) is 12.4 Å². The second-order valence-corrected chi connectivity index (χ2v) is 7.97. The van der Waals surface area contributed by atoms with Gasteiger partial charge in [-0.2, -0.15) is 10.1 Å². The number of benzene rings is 1. The zero-order valence-corrected chi connectivity index (χ0v) is 17.3. The van der Waals surface area contributed by atoms with Crippen molar-refractivity contribution in [2.45, 2.75) is 46.1 Å².